The van der Waals surface area contributed by atoms with E-state index in [-0.39, 0.29) is 23.0 Å². The zero-order valence-corrected chi connectivity index (χ0v) is 14.3. The molecular formula is C16H20N2O5S. The van der Waals surface area contributed by atoms with Crippen molar-refractivity contribution in [3.05, 3.63) is 29.8 Å². The Hall–Kier alpha value is -2.37. The van der Waals surface area contributed by atoms with E-state index >= 15 is 0 Å². The van der Waals surface area contributed by atoms with Gasteiger partial charge in [-0.15, -0.1) is 6.42 Å². The Morgan fingerprint density at radius 3 is 2.62 bits per heavy atom. The van der Waals surface area contributed by atoms with E-state index < -0.39 is 28.4 Å². The summed E-state index contributed by atoms with van der Waals surface area (Å²) in [7, 11) is -3.83. The van der Waals surface area contributed by atoms with Gasteiger partial charge in [-0.2, -0.15) is 4.72 Å². The van der Waals surface area contributed by atoms with Gasteiger partial charge < -0.3 is 10.0 Å². The summed E-state index contributed by atoms with van der Waals surface area (Å²) in [6, 6.07) is 5.11. The topological polar surface area (TPSA) is 104 Å². The molecule has 0 spiro atoms. The average Bonchev–Trinajstić information content (AvgIpc) is 2.56. The van der Waals surface area contributed by atoms with Crippen molar-refractivity contribution in [3.8, 4) is 12.3 Å². The molecule has 7 nitrogen and oxygen atoms in total. The highest BCUT2D eigenvalue weighted by Crippen LogP contribution is 2.15. The van der Waals surface area contributed by atoms with Gasteiger partial charge in [0.15, 0.2) is 0 Å². The smallest absolute Gasteiger partial charge is 0.323 e. The number of nitrogens with one attached hydrogen (secondary N) is 1. The highest BCUT2D eigenvalue weighted by atomic mass is 32.2. The Kier molecular flexibility index (Phi) is 6.95. The first-order valence-electron chi connectivity index (χ1n) is 7.28. The van der Waals surface area contributed by atoms with Gasteiger partial charge in [0.25, 0.3) is 5.91 Å². The fourth-order valence-electron chi connectivity index (χ4n) is 1.98. The van der Waals surface area contributed by atoms with Crippen LogP contribution >= 0.6 is 0 Å². The van der Waals surface area contributed by atoms with Crippen molar-refractivity contribution in [2.75, 3.05) is 13.1 Å². The number of carbonyl (C=O) groups is 2. The maximum absolute atomic E-state index is 12.6. The molecule has 0 aromatic heterocycles. The number of sulfonamides is 1. The van der Waals surface area contributed by atoms with Crippen LogP contribution in [0.1, 0.15) is 30.6 Å². The molecular weight excluding hydrogens is 332 g/mol. The Morgan fingerprint density at radius 2 is 2.08 bits per heavy atom. The van der Waals surface area contributed by atoms with E-state index in [0.717, 1.165) is 0 Å². The summed E-state index contributed by atoms with van der Waals surface area (Å²) in [5.74, 6) is 0.486. The number of hydrogen-bond donors (Lipinski definition) is 2. The quantitative estimate of drug-likeness (QED) is 0.677. The molecule has 8 heteroatoms. The fraction of sp³-hybridized carbons (Fsp3) is 0.375. The molecule has 0 aliphatic rings. The minimum atomic E-state index is -3.83. The summed E-state index contributed by atoms with van der Waals surface area (Å²) in [4.78, 5) is 24.7. The van der Waals surface area contributed by atoms with Crippen LogP contribution < -0.4 is 4.72 Å². The third kappa shape index (κ3) is 5.08. The predicted molar refractivity (Wildman–Crippen MR) is 88.9 cm³/mol. The SMILES string of the molecule is C#CCNS(=O)(=O)c1cccc(C(=O)N(CC(=O)O)C(C)CC)c1. The van der Waals surface area contributed by atoms with Crippen LogP contribution in [0, 0.1) is 12.3 Å². The maximum atomic E-state index is 12.6. The second kappa shape index (κ2) is 8.47. The molecule has 0 saturated carbocycles. The Labute approximate surface area is 141 Å². The molecule has 0 bridgehead atoms. The van der Waals surface area contributed by atoms with Gasteiger partial charge in [-0.25, -0.2) is 8.42 Å². The predicted octanol–water partition coefficient (Wildman–Crippen LogP) is 0.923. The summed E-state index contributed by atoms with van der Waals surface area (Å²) >= 11 is 0. The summed E-state index contributed by atoms with van der Waals surface area (Å²) in [5.41, 5.74) is 0.0973. The number of terminal acetylenes is 1. The number of amides is 1. The molecule has 130 valence electrons. The standard InChI is InChI=1S/C16H20N2O5S/c1-4-9-17-24(22,23)14-8-6-7-13(10-14)16(21)18(11-15(19)20)12(3)5-2/h1,6-8,10,12,17H,5,9,11H2,2-3H3,(H,19,20). The van der Waals surface area contributed by atoms with Crippen molar-refractivity contribution in [3.63, 3.8) is 0 Å². The van der Waals surface area contributed by atoms with Crippen LogP contribution in [0.2, 0.25) is 0 Å². The van der Waals surface area contributed by atoms with Crippen molar-refractivity contribution < 1.29 is 23.1 Å². The van der Waals surface area contributed by atoms with Gasteiger partial charge in [0, 0.05) is 11.6 Å². The minimum absolute atomic E-state index is 0.0973. The molecule has 0 saturated heterocycles. The van der Waals surface area contributed by atoms with Gasteiger partial charge in [-0.1, -0.05) is 18.9 Å². The zero-order valence-electron chi connectivity index (χ0n) is 13.5. The van der Waals surface area contributed by atoms with E-state index in [1.807, 2.05) is 6.92 Å². The van der Waals surface area contributed by atoms with E-state index in [9.17, 15) is 18.0 Å². The van der Waals surface area contributed by atoms with Crippen molar-refractivity contribution in [1.29, 1.82) is 0 Å². The summed E-state index contributed by atoms with van der Waals surface area (Å²) in [5, 5.41) is 8.99. The normalized spacial score (nSPS) is 12.2. The van der Waals surface area contributed by atoms with Gasteiger partial charge in [-0.05, 0) is 31.5 Å². The van der Waals surface area contributed by atoms with Crippen LogP contribution in [0.25, 0.3) is 0 Å². The molecule has 1 aromatic rings. The first kappa shape index (κ1) is 19.7. The number of carboxylic acid groups (broad SMARTS) is 1. The van der Waals surface area contributed by atoms with Crippen LogP contribution in [0.3, 0.4) is 0 Å². The van der Waals surface area contributed by atoms with Gasteiger partial charge in [0.05, 0.1) is 11.4 Å². The molecule has 0 aliphatic heterocycles. The van der Waals surface area contributed by atoms with E-state index in [1.54, 1.807) is 6.92 Å². The van der Waals surface area contributed by atoms with Crippen LogP contribution in [0.4, 0.5) is 0 Å². The van der Waals surface area contributed by atoms with Gasteiger partial charge in [0.2, 0.25) is 10.0 Å². The lowest BCUT2D eigenvalue weighted by atomic mass is 10.1. The number of benzene rings is 1. The molecule has 24 heavy (non-hydrogen) atoms. The van der Waals surface area contributed by atoms with E-state index in [0.29, 0.717) is 6.42 Å². The lowest BCUT2D eigenvalue weighted by molar-refractivity contribution is -0.138. The first-order chi connectivity index (χ1) is 11.2. The van der Waals surface area contributed by atoms with Crippen molar-refractivity contribution >= 4 is 21.9 Å². The lowest BCUT2D eigenvalue weighted by Gasteiger charge is -2.27. The Morgan fingerprint density at radius 1 is 1.42 bits per heavy atom. The molecule has 1 rings (SSSR count). The van der Waals surface area contributed by atoms with Gasteiger partial charge in [-0.3, -0.25) is 9.59 Å². The minimum Gasteiger partial charge on any atom is -0.480 e. The van der Waals surface area contributed by atoms with Gasteiger partial charge in [0.1, 0.15) is 6.54 Å². The third-order valence-corrected chi connectivity index (χ3v) is 4.84. The molecule has 1 amide bonds. The number of hydrogen-bond acceptors (Lipinski definition) is 4. The highest BCUT2D eigenvalue weighted by molar-refractivity contribution is 7.89. The largest absolute Gasteiger partial charge is 0.480 e. The third-order valence-electron chi connectivity index (χ3n) is 3.44. The summed E-state index contributed by atoms with van der Waals surface area (Å²) < 4.78 is 26.4. The molecule has 0 radical (unpaired) electrons. The van der Waals surface area contributed by atoms with Crippen molar-refractivity contribution in [2.24, 2.45) is 0 Å². The molecule has 0 heterocycles. The number of rotatable bonds is 8. The van der Waals surface area contributed by atoms with Crippen molar-refractivity contribution in [1.82, 2.24) is 9.62 Å². The summed E-state index contributed by atoms with van der Waals surface area (Å²) in [6.45, 7) is 2.94. The Bertz CT molecular complexity index is 752. The first-order valence-corrected chi connectivity index (χ1v) is 8.77. The fourth-order valence-corrected chi connectivity index (χ4v) is 2.96. The van der Waals surface area contributed by atoms with Crippen LogP contribution in [0.15, 0.2) is 29.2 Å². The molecule has 1 aromatic carbocycles. The lowest BCUT2D eigenvalue weighted by Crippen LogP contribution is -2.41. The molecule has 0 fully saturated rings. The van der Waals surface area contributed by atoms with E-state index in [1.165, 1.54) is 29.2 Å². The molecule has 1 atom stereocenters. The van der Waals surface area contributed by atoms with Crippen LogP contribution in [-0.2, 0) is 14.8 Å². The monoisotopic (exact) mass is 352 g/mol. The average molecular weight is 352 g/mol. The Balaban J connectivity index is 3.17. The number of aliphatic carboxylic acids is 1. The molecule has 1 unspecified atom stereocenters. The zero-order chi connectivity index (χ0) is 18.3. The van der Waals surface area contributed by atoms with E-state index in [4.69, 9.17) is 11.5 Å². The number of carbonyl (C=O) groups excluding carboxylic acids is 1. The molecule has 0 aliphatic carbocycles. The second-order valence-corrected chi connectivity index (χ2v) is 6.91. The van der Waals surface area contributed by atoms with Crippen molar-refractivity contribution in [2.45, 2.75) is 31.2 Å². The molecule has 2 N–H and O–H groups in total. The maximum Gasteiger partial charge on any atom is 0.323 e. The summed E-state index contributed by atoms with van der Waals surface area (Å²) in [6.07, 6.45) is 5.60. The van der Waals surface area contributed by atoms with Gasteiger partial charge >= 0.3 is 5.97 Å². The van der Waals surface area contributed by atoms with Crippen LogP contribution in [-0.4, -0.2) is 49.4 Å². The van der Waals surface area contributed by atoms with Crippen LogP contribution in [0.5, 0.6) is 0 Å². The number of carboxylic acids is 1. The second-order valence-electron chi connectivity index (χ2n) is 5.14. The highest BCUT2D eigenvalue weighted by Gasteiger charge is 2.24. The number of nitrogens with zero attached hydrogens (tertiary/aromatic N) is 1. The van der Waals surface area contributed by atoms with E-state index in [2.05, 4.69) is 10.6 Å².